The molecule has 4 nitrogen and oxygen atoms in total. The van der Waals surface area contributed by atoms with Gasteiger partial charge in [0, 0.05) is 17.0 Å². The Morgan fingerprint density at radius 3 is 2.79 bits per heavy atom. The van der Waals surface area contributed by atoms with Crippen LogP contribution in [0, 0.1) is 6.92 Å². The van der Waals surface area contributed by atoms with Gasteiger partial charge in [0.25, 0.3) is 0 Å². The summed E-state index contributed by atoms with van der Waals surface area (Å²) in [6.45, 7) is 4.43. The number of nitrogen functional groups attached to an aromatic ring is 1. The van der Waals surface area contributed by atoms with E-state index in [0.717, 1.165) is 24.2 Å². The van der Waals surface area contributed by atoms with Gasteiger partial charge in [-0.1, -0.05) is 6.07 Å². The lowest BCUT2D eigenvalue weighted by Gasteiger charge is -2.22. The number of rotatable bonds is 4. The minimum absolute atomic E-state index is 0.0172. The van der Waals surface area contributed by atoms with Gasteiger partial charge in [0.1, 0.15) is 0 Å². The zero-order valence-electron chi connectivity index (χ0n) is 11.3. The second-order valence-corrected chi connectivity index (χ2v) is 8.69. The Morgan fingerprint density at radius 1 is 1.47 bits per heavy atom. The summed E-state index contributed by atoms with van der Waals surface area (Å²) in [4.78, 5) is 0.238. The van der Waals surface area contributed by atoms with Gasteiger partial charge >= 0.3 is 0 Å². The Kier molecular flexibility index (Phi) is 4.13. The molecule has 2 rings (SSSR count). The maximum absolute atomic E-state index is 12.2. The Balaban J connectivity index is 2.11. The Morgan fingerprint density at radius 2 is 2.21 bits per heavy atom. The maximum atomic E-state index is 12.2. The number of thioether (sulfide) groups is 1. The highest BCUT2D eigenvalue weighted by molar-refractivity contribution is 8.01. The third-order valence-electron chi connectivity index (χ3n) is 3.50. The van der Waals surface area contributed by atoms with Crippen molar-refractivity contribution in [3.05, 3.63) is 23.8 Å². The fraction of sp³-hybridized carbons (Fsp3) is 0.538. The van der Waals surface area contributed by atoms with Crippen LogP contribution in [0.2, 0.25) is 0 Å². The molecule has 0 bridgehead atoms. The second kappa shape index (κ2) is 5.34. The molecule has 0 radical (unpaired) electrons. The molecule has 0 saturated carbocycles. The van der Waals surface area contributed by atoms with Crippen molar-refractivity contribution in [3.63, 3.8) is 0 Å². The number of nitrogens with two attached hydrogens (primary N) is 1. The molecule has 6 heteroatoms. The van der Waals surface area contributed by atoms with Crippen LogP contribution in [0.4, 0.5) is 5.69 Å². The van der Waals surface area contributed by atoms with E-state index in [0.29, 0.717) is 12.2 Å². The molecular formula is C13H20N2O2S2. The number of sulfonamides is 1. The third kappa shape index (κ3) is 3.43. The fourth-order valence-electron chi connectivity index (χ4n) is 2.09. The molecule has 1 aliphatic rings. The van der Waals surface area contributed by atoms with Gasteiger partial charge in [-0.15, -0.1) is 0 Å². The molecule has 1 atom stereocenters. The first-order valence-corrected chi connectivity index (χ1v) is 8.79. The van der Waals surface area contributed by atoms with Crippen LogP contribution in [0.25, 0.3) is 0 Å². The van der Waals surface area contributed by atoms with Crippen molar-refractivity contribution in [1.82, 2.24) is 4.72 Å². The van der Waals surface area contributed by atoms with Gasteiger partial charge in [-0.05, 0) is 50.1 Å². The molecule has 1 saturated heterocycles. The van der Waals surface area contributed by atoms with Crippen LogP contribution < -0.4 is 10.5 Å². The molecule has 1 unspecified atom stereocenters. The molecule has 0 spiro atoms. The van der Waals surface area contributed by atoms with Crippen LogP contribution in [0.3, 0.4) is 0 Å². The standard InChI is InChI=1S/C13H20N2O2S2/c1-10-4-5-11(8-12(10)14)19(16,17)15-9-13(2)6-3-7-18-13/h4-5,8,15H,3,6-7,9,14H2,1-2H3. The van der Waals surface area contributed by atoms with Crippen molar-refractivity contribution >= 4 is 27.5 Å². The highest BCUT2D eigenvalue weighted by atomic mass is 32.2. The lowest BCUT2D eigenvalue weighted by molar-refractivity contribution is 0.552. The summed E-state index contributed by atoms with van der Waals surface area (Å²) >= 11 is 1.83. The minimum Gasteiger partial charge on any atom is -0.398 e. The molecule has 106 valence electrons. The van der Waals surface area contributed by atoms with Crippen LogP contribution in [-0.4, -0.2) is 25.5 Å². The average Bonchev–Trinajstić information content (AvgIpc) is 2.78. The Hall–Kier alpha value is -0.720. The minimum atomic E-state index is -3.47. The number of aryl methyl sites for hydroxylation is 1. The van der Waals surface area contributed by atoms with Crippen molar-refractivity contribution in [2.24, 2.45) is 0 Å². The van der Waals surface area contributed by atoms with Crippen molar-refractivity contribution < 1.29 is 8.42 Å². The van der Waals surface area contributed by atoms with Gasteiger partial charge in [0.2, 0.25) is 10.0 Å². The average molecular weight is 300 g/mol. The van der Waals surface area contributed by atoms with Crippen LogP contribution in [0.15, 0.2) is 23.1 Å². The Labute approximate surface area is 119 Å². The largest absolute Gasteiger partial charge is 0.398 e. The predicted molar refractivity (Wildman–Crippen MR) is 80.9 cm³/mol. The lowest BCUT2D eigenvalue weighted by Crippen LogP contribution is -2.36. The zero-order chi connectivity index (χ0) is 14.1. The fourth-order valence-corrected chi connectivity index (χ4v) is 4.63. The van der Waals surface area contributed by atoms with Crippen molar-refractivity contribution in [2.75, 3.05) is 18.0 Å². The normalized spacial score (nSPS) is 23.7. The second-order valence-electron chi connectivity index (χ2n) is 5.24. The van der Waals surface area contributed by atoms with E-state index in [-0.39, 0.29) is 9.64 Å². The first-order valence-electron chi connectivity index (χ1n) is 6.32. The van der Waals surface area contributed by atoms with Crippen LogP contribution >= 0.6 is 11.8 Å². The molecule has 0 amide bonds. The number of nitrogens with one attached hydrogen (secondary N) is 1. The Bertz CT molecular complexity index is 564. The highest BCUT2D eigenvalue weighted by Crippen LogP contribution is 2.37. The van der Waals surface area contributed by atoms with Gasteiger partial charge in [-0.2, -0.15) is 11.8 Å². The van der Waals surface area contributed by atoms with Crippen molar-refractivity contribution in [1.29, 1.82) is 0 Å². The van der Waals surface area contributed by atoms with E-state index in [2.05, 4.69) is 11.6 Å². The molecular weight excluding hydrogens is 280 g/mol. The topological polar surface area (TPSA) is 72.2 Å². The molecule has 1 aliphatic heterocycles. The lowest BCUT2D eigenvalue weighted by atomic mass is 10.1. The van der Waals surface area contributed by atoms with Crippen LogP contribution in [0.1, 0.15) is 25.3 Å². The first-order chi connectivity index (χ1) is 8.82. The van der Waals surface area contributed by atoms with E-state index >= 15 is 0 Å². The molecule has 3 N–H and O–H groups in total. The number of hydrogen-bond acceptors (Lipinski definition) is 4. The number of benzene rings is 1. The van der Waals surface area contributed by atoms with Gasteiger partial charge in [0.05, 0.1) is 4.90 Å². The number of hydrogen-bond donors (Lipinski definition) is 2. The summed E-state index contributed by atoms with van der Waals surface area (Å²) in [6.07, 6.45) is 2.20. The zero-order valence-corrected chi connectivity index (χ0v) is 12.9. The molecule has 0 aliphatic carbocycles. The summed E-state index contributed by atoms with van der Waals surface area (Å²) in [5, 5.41) is 0. The molecule has 1 heterocycles. The van der Waals surface area contributed by atoms with E-state index in [1.165, 1.54) is 6.07 Å². The molecule has 0 aromatic heterocycles. The van der Waals surface area contributed by atoms with Gasteiger partial charge in [-0.25, -0.2) is 13.1 Å². The first kappa shape index (κ1) is 14.7. The van der Waals surface area contributed by atoms with E-state index in [4.69, 9.17) is 5.73 Å². The summed E-state index contributed by atoms with van der Waals surface area (Å²) in [7, 11) is -3.47. The summed E-state index contributed by atoms with van der Waals surface area (Å²) in [5.41, 5.74) is 7.16. The van der Waals surface area contributed by atoms with Crippen molar-refractivity contribution in [3.8, 4) is 0 Å². The molecule has 1 fully saturated rings. The van der Waals surface area contributed by atoms with Crippen molar-refractivity contribution in [2.45, 2.75) is 36.3 Å². The van der Waals surface area contributed by atoms with Gasteiger partial charge in [-0.3, -0.25) is 0 Å². The molecule has 1 aromatic carbocycles. The van der Waals surface area contributed by atoms with E-state index in [9.17, 15) is 8.42 Å². The number of anilines is 1. The monoisotopic (exact) mass is 300 g/mol. The smallest absolute Gasteiger partial charge is 0.240 e. The molecule has 1 aromatic rings. The van der Waals surface area contributed by atoms with E-state index < -0.39 is 10.0 Å². The van der Waals surface area contributed by atoms with E-state index in [1.54, 1.807) is 12.1 Å². The van der Waals surface area contributed by atoms with Gasteiger partial charge < -0.3 is 5.73 Å². The maximum Gasteiger partial charge on any atom is 0.240 e. The van der Waals surface area contributed by atoms with E-state index in [1.807, 2.05) is 18.7 Å². The predicted octanol–water partition coefficient (Wildman–Crippen LogP) is 2.14. The van der Waals surface area contributed by atoms with Gasteiger partial charge in [0.15, 0.2) is 0 Å². The summed E-state index contributed by atoms with van der Waals surface area (Å²) in [5.74, 6) is 1.11. The molecule has 19 heavy (non-hydrogen) atoms. The SMILES string of the molecule is Cc1ccc(S(=O)(=O)NCC2(C)CCCS2)cc1N. The quantitative estimate of drug-likeness (QED) is 0.836. The van der Waals surface area contributed by atoms with Crippen LogP contribution in [-0.2, 0) is 10.0 Å². The van der Waals surface area contributed by atoms with Crippen LogP contribution in [0.5, 0.6) is 0 Å². The summed E-state index contributed by atoms with van der Waals surface area (Å²) < 4.78 is 27.2. The third-order valence-corrected chi connectivity index (χ3v) is 6.43. The highest BCUT2D eigenvalue weighted by Gasteiger charge is 2.31. The summed E-state index contributed by atoms with van der Waals surface area (Å²) in [6, 6.07) is 4.84.